The lowest BCUT2D eigenvalue weighted by Gasteiger charge is -2.43. The highest BCUT2D eigenvalue weighted by Crippen LogP contribution is 2.62. The molecule has 1 aliphatic heterocycles. The number of piperazine rings is 1. The van der Waals surface area contributed by atoms with Crippen LogP contribution in [0.3, 0.4) is 0 Å². The Morgan fingerprint density at radius 2 is 0.723 bits per heavy atom. The molecule has 0 N–H and O–H groups in total. The first-order chi connectivity index (χ1) is 38.9. The molecule has 23 heteroatoms. The summed E-state index contributed by atoms with van der Waals surface area (Å²) >= 11 is 0. The number of hydrogen-bond acceptors (Lipinski definition) is 7. The Morgan fingerprint density at radius 1 is 0.410 bits per heavy atom. The van der Waals surface area contributed by atoms with Crippen LogP contribution in [0.2, 0.25) is 0 Å². The molecule has 0 aliphatic carbocycles. The topological polar surface area (TPSA) is 79.4 Å². The number of esters is 2. The summed E-state index contributed by atoms with van der Waals surface area (Å²) in [4.78, 5) is 43.3. The van der Waals surface area contributed by atoms with Gasteiger partial charge in [-0.25, -0.2) is 0 Å². The number of carbonyl (C=O) groups excluding carboxylic acids is 3. The van der Waals surface area contributed by atoms with Crippen LogP contribution in [0.15, 0.2) is 0 Å². The molecule has 1 amide bonds. The van der Waals surface area contributed by atoms with Crippen LogP contribution in [0.4, 0.5) is 65.9 Å². The molecule has 0 aromatic heterocycles. The number of ether oxygens (including phenoxy) is 2. The minimum atomic E-state index is -8.54. The molecule has 0 saturated carbocycles. The van der Waals surface area contributed by atoms with Crippen molar-refractivity contribution in [3.8, 4) is 0 Å². The van der Waals surface area contributed by atoms with E-state index in [-0.39, 0.29) is 107 Å². The van der Waals surface area contributed by atoms with E-state index in [0.29, 0.717) is 13.1 Å². The van der Waals surface area contributed by atoms with Gasteiger partial charge < -0.3 is 19.3 Å². The van der Waals surface area contributed by atoms with Crippen molar-refractivity contribution in [2.24, 2.45) is 11.8 Å². The second-order valence-electron chi connectivity index (χ2n) is 23.3. The molecule has 492 valence electrons. The molecule has 2 unspecified atom stereocenters. The van der Waals surface area contributed by atoms with Gasteiger partial charge in [-0.05, 0) is 70.3 Å². The Labute approximate surface area is 486 Å². The predicted octanol–water partition coefficient (Wildman–Crippen LogP) is 18.5. The molecule has 0 radical (unpaired) electrons. The van der Waals surface area contributed by atoms with Gasteiger partial charge in [0.15, 0.2) is 0 Å². The number of nitrogens with zero attached hydrogens (tertiary/aromatic N) is 3. The van der Waals surface area contributed by atoms with Gasteiger partial charge in [0, 0.05) is 58.2 Å². The summed E-state index contributed by atoms with van der Waals surface area (Å²) in [5.41, 5.74) is 0. The standard InChI is InChI=1S/C60H102F15N3O5/c1-6-10-14-18-20-26-34-48(32-24-16-12-8-3)46-82-51(79)38-30-22-28-36-50(37-29-23-31-39-52(80)83-47-49(33-25-17-13-9-4)35-27-21-19-15-11-7-2)78(45-44-77-42-40-76(5)41-43-77)53(81)54(61,62)55(63,64)56(65,66)57(67,68)58(69,70)59(71,72)60(73,74)75/h48-50H,6-47H2,1-5H3. The molecule has 1 saturated heterocycles. The number of rotatable bonds is 50. The van der Waals surface area contributed by atoms with E-state index in [1.54, 1.807) is 11.9 Å². The van der Waals surface area contributed by atoms with Crippen molar-refractivity contribution < 1.29 is 89.7 Å². The monoisotopic (exact) mass is 1230 g/mol. The van der Waals surface area contributed by atoms with Crippen molar-refractivity contribution in [3.05, 3.63) is 0 Å². The van der Waals surface area contributed by atoms with Gasteiger partial charge >= 0.3 is 53.7 Å². The van der Waals surface area contributed by atoms with Gasteiger partial charge in [0.25, 0.3) is 5.91 Å². The summed E-state index contributed by atoms with van der Waals surface area (Å²) in [5.74, 6) is -52.7. The van der Waals surface area contributed by atoms with Crippen LogP contribution in [0.25, 0.3) is 0 Å². The van der Waals surface area contributed by atoms with Crippen molar-refractivity contribution >= 4 is 17.8 Å². The molecule has 1 rings (SSSR count). The van der Waals surface area contributed by atoms with Gasteiger partial charge in [-0.15, -0.1) is 0 Å². The summed E-state index contributed by atoms with van der Waals surface area (Å²) in [7, 11) is 1.74. The Balaban J connectivity index is 3.47. The maximum absolute atomic E-state index is 16.0. The number of hydrogen-bond donors (Lipinski definition) is 0. The van der Waals surface area contributed by atoms with Gasteiger partial charge in [-0.3, -0.25) is 19.3 Å². The van der Waals surface area contributed by atoms with Crippen molar-refractivity contribution in [3.63, 3.8) is 0 Å². The number of amides is 1. The number of carbonyl (C=O) groups is 3. The molecule has 0 aromatic carbocycles. The Kier molecular flexibility index (Phi) is 37.7. The highest BCUT2D eigenvalue weighted by molar-refractivity contribution is 5.85. The van der Waals surface area contributed by atoms with Gasteiger partial charge in [0.1, 0.15) is 0 Å². The average molecular weight is 1230 g/mol. The summed E-state index contributed by atoms with van der Waals surface area (Å²) < 4.78 is 229. The third-order valence-electron chi connectivity index (χ3n) is 16.2. The third kappa shape index (κ3) is 26.3. The fourth-order valence-electron chi connectivity index (χ4n) is 10.5. The van der Waals surface area contributed by atoms with E-state index in [1.807, 2.05) is 4.90 Å². The zero-order chi connectivity index (χ0) is 62.8. The summed E-state index contributed by atoms with van der Waals surface area (Å²) in [5, 5.41) is 0. The summed E-state index contributed by atoms with van der Waals surface area (Å²) in [6.45, 7) is 8.71. The lowest BCUT2D eigenvalue weighted by atomic mass is 9.90. The molecule has 8 nitrogen and oxygen atoms in total. The maximum Gasteiger partial charge on any atom is 0.460 e. The van der Waals surface area contributed by atoms with Crippen LogP contribution >= 0.6 is 0 Å². The first-order valence-corrected chi connectivity index (χ1v) is 31.3. The number of alkyl halides is 15. The molecule has 1 fully saturated rings. The molecule has 0 bridgehead atoms. The first kappa shape index (κ1) is 78.3. The van der Waals surface area contributed by atoms with Crippen LogP contribution < -0.4 is 0 Å². The molecule has 83 heavy (non-hydrogen) atoms. The Morgan fingerprint density at radius 3 is 1.10 bits per heavy atom. The highest BCUT2D eigenvalue weighted by atomic mass is 19.4. The van der Waals surface area contributed by atoms with Crippen molar-refractivity contribution in [1.29, 1.82) is 0 Å². The number of halogens is 15. The van der Waals surface area contributed by atoms with Gasteiger partial charge in [0.05, 0.1) is 13.2 Å². The lowest BCUT2D eigenvalue weighted by Crippen LogP contribution is -2.74. The van der Waals surface area contributed by atoms with Crippen LogP contribution in [0.5, 0.6) is 0 Å². The van der Waals surface area contributed by atoms with Crippen LogP contribution in [-0.2, 0) is 23.9 Å². The second-order valence-corrected chi connectivity index (χ2v) is 23.3. The van der Waals surface area contributed by atoms with Crippen LogP contribution in [0.1, 0.15) is 246 Å². The third-order valence-corrected chi connectivity index (χ3v) is 16.2. The molecule has 1 aliphatic rings. The molecule has 2 atom stereocenters. The number of likely N-dealkylation sites (N-methyl/N-ethyl adjacent to an activating group) is 1. The maximum atomic E-state index is 16.0. The van der Waals surface area contributed by atoms with Gasteiger partial charge in [0.2, 0.25) is 0 Å². The minimum Gasteiger partial charge on any atom is -0.465 e. The zero-order valence-corrected chi connectivity index (χ0v) is 50.5. The quantitative estimate of drug-likeness (QED) is 0.0341. The first-order valence-electron chi connectivity index (χ1n) is 31.3. The van der Waals surface area contributed by atoms with Crippen LogP contribution in [-0.4, -0.2) is 140 Å². The lowest BCUT2D eigenvalue weighted by molar-refractivity contribution is -0.450. The Bertz CT molecular complexity index is 1680. The SMILES string of the molecule is CCCCCCCCC(CCCCCC)COC(=O)CCCCCC(CCCCCC(=O)OCC(CCCCCC)CCCCCCCC)N(CCN1CCN(C)CC1)C(=O)C(F)(F)C(F)(F)C(F)(F)C(F)(F)C(F)(F)C(F)(F)C(F)(F)F. The fraction of sp³-hybridized carbons (Fsp3) is 0.950. The largest absolute Gasteiger partial charge is 0.465 e. The van der Waals surface area contributed by atoms with E-state index in [2.05, 4.69) is 27.7 Å². The van der Waals surface area contributed by atoms with E-state index in [1.165, 1.54) is 0 Å². The predicted molar refractivity (Wildman–Crippen MR) is 294 cm³/mol. The summed E-state index contributed by atoms with van der Waals surface area (Å²) in [6, 6.07) is -1.61. The second kappa shape index (κ2) is 39.9. The van der Waals surface area contributed by atoms with Crippen molar-refractivity contribution in [2.45, 2.75) is 294 Å². The summed E-state index contributed by atoms with van der Waals surface area (Å²) in [6.07, 6.45) is 16.7. The molecule has 1 heterocycles. The van der Waals surface area contributed by atoms with Gasteiger partial charge in [-0.2, -0.15) is 65.9 Å². The van der Waals surface area contributed by atoms with E-state index >= 15 is 26.3 Å². The molecule has 0 spiro atoms. The number of unbranched alkanes of at least 4 members (excludes halogenated alkanes) is 20. The van der Waals surface area contributed by atoms with E-state index in [0.717, 1.165) is 154 Å². The van der Waals surface area contributed by atoms with Crippen molar-refractivity contribution in [1.82, 2.24) is 14.7 Å². The molecule has 0 aromatic rings. The zero-order valence-electron chi connectivity index (χ0n) is 50.5. The highest BCUT2D eigenvalue weighted by Gasteiger charge is 2.94. The van der Waals surface area contributed by atoms with E-state index in [9.17, 15) is 53.9 Å². The van der Waals surface area contributed by atoms with Crippen molar-refractivity contribution in [2.75, 3.05) is 59.5 Å². The average Bonchev–Trinajstić information content (AvgIpc) is 0.890. The van der Waals surface area contributed by atoms with E-state index < -0.39 is 78.7 Å². The van der Waals surface area contributed by atoms with Crippen LogP contribution in [0, 0.1) is 11.8 Å². The van der Waals surface area contributed by atoms with Gasteiger partial charge in [-0.1, -0.05) is 182 Å². The molecular formula is C60H102F15N3O5. The van der Waals surface area contributed by atoms with E-state index in [4.69, 9.17) is 9.47 Å². The minimum absolute atomic E-state index is 0.0281. The fourth-order valence-corrected chi connectivity index (χ4v) is 10.5. The smallest absolute Gasteiger partial charge is 0.460 e. The normalized spacial score (nSPS) is 15.8. The molecular weight excluding hydrogens is 1130 g/mol. The Hall–Kier alpha value is -2.72.